The van der Waals surface area contributed by atoms with Crippen molar-refractivity contribution in [2.45, 2.75) is 20.3 Å². The lowest BCUT2D eigenvalue weighted by atomic mass is 10.1. The summed E-state index contributed by atoms with van der Waals surface area (Å²) in [6, 6.07) is 10.6. The Morgan fingerprint density at radius 2 is 1.91 bits per heavy atom. The van der Waals surface area contributed by atoms with E-state index in [9.17, 15) is 4.79 Å². The van der Waals surface area contributed by atoms with Crippen molar-refractivity contribution in [3.05, 3.63) is 52.8 Å². The number of rotatable bonds is 4. The maximum Gasteiger partial charge on any atom is 0.354 e. The van der Waals surface area contributed by atoms with Crippen LogP contribution in [0.5, 0.6) is 0 Å². The van der Waals surface area contributed by atoms with Gasteiger partial charge in [0.05, 0.1) is 16.9 Å². The lowest BCUT2D eigenvalue weighted by molar-refractivity contribution is 0.0691. The van der Waals surface area contributed by atoms with E-state index < -0.39 is 5.97 Å². The van der Waals surface area contributed by atoms with E-state index in [0.29, 0.717) is 16.5 Å². The quantitative estimate of drug-likeness (QED) is 0.786. The van der Waals surface area contributed by atoms with Crippen molar-refractivity contribution in [2.75, 3.05) is 0 Å². The number of carboxylic acid groups (broad SMARTS) is 1. The standard InChI is InChI=1S/C17H16ClN3O2/c1-10(2)9-14-16-15(8-7-13(19-16)17(22)23)21(20-14)12-5-3-11(18)4-6-12/h3-8,10H,9H2,1-2H3,(H,22,23). The van der Waals surface area contributed by atoms with Crippen LogP contribution < -0.4 is 0 Å². The monoisotopic (exact) mass is 329 g/mol. The number of pyridine rings is 1. The van der Waals surface area contributed by atoms with Crippen LogP contribution in [0.15, 0.2) is 36.4 Å². The van der Waals surface area contributed by atoms with E-state index in [0.717, 1.165) is 23.3 Å². The molecule has 0 unspecified atom stereocenters. The van der Waals surface area contributed by atoms with Gasteiger partial charge in [0.1, 0.15) is 11.2 Å². The van der Waals surface area contributed by atoms with Crippen LogP contribution in [0.3, 0.4) is 0 Å². The molecule has 0 aliphatic carbocycles. The van der Waals surface area contributed by atoms with E-state index in [-0.39, 0.29) is 5.69 Å². The second kappa shape index (κ2) is 6.01. The van der Waals surface area contributed by atoms with Gasteiger partial charge in [-0.25, -0.2) is 14.5 Å². The molecule has 0 aliphatic heterocycles. The molecule has 6 heteroatoms. The molecule has 0 saturated carbocycles. The predicted molar refractivity (Wildman–Crippen MR) is 89.4 cm³/mol. The summed E-state index contributed by atoms with van der Waals surface area (Å²) in [6.45, 7) is 4.18. The second-order valence-electron chi connectivity index (χ2n) is 5.80. The molecular formula is C17H16ClN3O2. The van der Waals surface area contributed by atoms with Crippen molar-refractivity contribution in [1.82, 2.24) is 14.8 Å². The van der Waals surface area contributed by atoms with Crippen LogP contribution in [0.4, 0.5) is 0 Å². The number of carboxylic acids is 1. The molecule has 1 N–H and O–H groups in total. The fourth-order valence-electron chi connectivity index (χ4n) is 2.48. The molecule has 3 rings (SSSR count). The number of halogens is 1. The van der Waals surface area contributed by atoms with Gasteiger partial charge < -0.3 is 5.11 Å². The summed E-state index contributed by atoms with van der Waals surface area (Å²) in [7, 11) is 0. The van der Waals surface area contributed by atoms with E-state index in [1.165, 1.54) is 6.07 Å². The van der Waals surface area contributed by atoms with Crippen LogP contribution in [0.2, 0.25) is 5.02 Å². The molecule has 5 nitrogen and oxygen atoms in total. The number of aromatic nitrogens is 3. The number of hydrogen-bond donors (Lipinski definition) is 1. The van der Waals surface area contributed by atoms with Crippen LogP contribution in [-0.4, -0.2) is 25.8 Å². The minimum Gasteiger partial charge on any atom is -0.477 e. The van der Waals surface area contributed by atoms with Gasteiger partial charge in [0.25, 0.3) is 0 Å². The molecular weight excluding hydrogens is 314 g/mol. The molecule has 0 spiro atoms. The molecule has 0 atom stereocenters. The highest BCUT2D eigenvalue weighted by molar-refractivity contribution is 6.30. The molecule has 0 amide bonds. The topological polar surface area (TPSA) is 68.0 Å². The summed E-state index contributed by atoms with van der Waals surface area (Å²) in [5.41, 5.74) is 3.10. The lowest BCUT2D eigenvalue weighted by Crippen LogP contribution is -2.01. The van der Waals surface area contributed by atoms with Gasteiger partial charge in [0.15, 0.2) is 0 Å². The third kappa shape index (κ3) is 3.05. The summed E-state index contributed by atoms with van der Waals surface area (Å²) in [4.78, 5) is 15.5. The van der Waals surface area contributed by atoms with Crippen LogP contribution in [0, 0.1) is 5.92 Å². The fourth-order valence-corrected chi connectivity index (χ4v) is 2.61. The third-order valence-electron chi connectivity index (χ3n) is 3.49. The molecule has 118 valence electrons. The van der Waals surface area contributed by atoms with Crippen LogP contribution in [-0.2, 0) is 6.42 Å². The smallest absolute Gasteiger partial charge is 0.354 e. The van der Waals surface area contributed by atoms with Crippen LogP contribution in [0.1, 0.15) is 30.0 Å². The third-order valence-corrected chi connectivity index (χ3v) is 3.74. The van der Waals surface area contributed by atoms with Gasteiger partial charge in [-0.1, -0.05) is 25.4 Å². The van der Waals surface area contributed by atoms with Gasteiger partial charge in [-0.2, -0.15) is 5.10 Å². The van der Waals surface area contributed by atoms with Crippen molar-refractivity contribution >= 4 is 28.6 Å². The number of fused-ring (bicyclic) bond motifs is 1. The first-order valence-corrected chi connectivity index (χ1v) is 7.71. The van der Waals surface area contributed by atoms with Crippen molar-refractivity contribution in [1.29, 1.82) is 0 Å². The Bertz CT molecular complexity index is 869. The highest BCUT2D eigenvalue weighted by Crippen LogP contribution is 2.24. The molecule has 0 bridgehead atoms. The Morgan fingerprint density at radius 3 is 2.52 bits per heavy atom. The number of nitrogens with zero attached hydrogens (tertiary/aromatic N) is 3. The Morgan fingerprint density at radius 1 is 1.22 bits per heavy atom. The van der Waals surface area contributed by atoms with Gasteiger partial charge >= 0.3 is 5.97 Å². The maximum atomic E-state index is 11.2. The fraction of sp³-hybridized carbons (Fsp3) is 0.235. The second-order valence-corrected chi connectivity index (χ2v) is 6.24. The molecule has 2 heterocycles. The molecule has 0 radical (unpaired) electrons. The van der Waals surface area contributed by atoms with Gasteiger partial charge in [0.2, 0.25) is 0 Å². The highest BCUT2D eigenvalue weighted by Gasteiger charge is 2.16. The zero-order valence-corrected chi connectivity index (χ0v) is 13.6. The van der Waals surface area contributed by atoms with Crippen molar-refractivity contribution < 1.29 is 9.90 Å². The molecule has 0 fully saturated rings. The summed E-state index contributed by atoms with van der Waals surface area (Å²) in [5, 5.41) is 14.5. The molecule has 23 heavy (non-hydrogen) atoms. The molecule has 0 saturated heterocycles. The van der Waals surface area contributed by atoms with Gasteiger partial charge in [-0.05, 0) is 48.7 Å². The van der Waals surface area contributed by atoms with E-state index in [1.54, 1.807) is 22.9 Å². The molecule has 3 aromatic rings. The minimum atomic E-state index is -1.04. The summed E-state index contributed by atoms with van der Waals surface area (Å²) in [6.07, 6.45) is 0.729. The Hall–Kier alpha value is -2.40. The average molecular weight is 330 g/mol. The van der Waals surface area contributed by atoms with Crippen LogP contribution in [0.25, 0.3) is 16.7 Å². The van der Waals surface area contributed by atoms with E-state index >= 15 is 0 Å². The van der Waals surface area contributed by atoms with Crippen molar-refractivity contribution in [2.24, 2.45) is 5.92 Å². The summed E-state index contributed by atoms with van der Waals surface area (Å²) in [5.74, 6) is -0.649. The first-order chi connectivity index (χ1) is 11.0. The van der Waals surface area contributed by atoms with E-state index in [1.807, 2.05) is 12.1 Å². The zero-order valence-electron chi connectivity index (χ0n) is 12.8. The van der Waals surface area contributed by atoms with Gasteiger partial charge in [0, 0.05) is 5.02 Å². The predicted octanol–water partition coefficient (Wildman–Crippen LogP) is 3.97. The number of carbonyl (C=O) groups is 1. The van der Waals surface area contributed by atoms with Gasteiger partial charge in [-0.15, -0.1) is 0 Å². The lowest BCUT2D eigenvalue weighted by Gasteiger charge is -2.03. The van der Waals surface area contributed by atoms with Crippen LogP contribution >= 0.6 is 11.6 Å². The highest BCUT2D eigenvalue weighted by atomic mass is 35.5. The molecule has 2 aromatic heterocycles. The van der Waals surface area contributed by atoms with Crippen molar-refractivity contribution in [3.63, 3.8) is 0 Å². The Labute approximate surface area is 138 Å². The zero-order chi connectivity index (χ0) is 16.6. The first kappa shape index (κ1) is 15.5. The molecule has 1 aromatic carbocycles. The van der Waals surface area contributed by atoms with E-state index in [2.05, 4.69) is 23.9 Å². The van der Waals surface area contributed by atoms with Crippen molar-refractivity contribution in [3.8, 4) is 5.69 Å². The van der Waals surface area contributed by atoms with Gasteiger partial charge in [-0.3, -0.25) is 0 Å². The number of hydrogen-bond acceptors (Lipinski definition) is 3. The SMILES string of the molecule is CC(C)Cc1nn(-c2ccc(Cl)cc2)c2ccc(C(=O)O)nc12. The Kier molecular flexibility index (Phi) is 4.05. The normalized spacial score (nSPS) is 11.3. The summed E-state index contributed by atoms with van der Waals surface area (Å²) < 4.78 is 1.78. The molecule has 0 aliphatic rings. The Balaban J connectivity index is 2.22. The summed E-state index contributed by atoms with van der Waals surface area (Å²) >= 11 is 5.94. The number of benzene rings is 1. The average Bonchev–Trinajstić information content (AvgIpc) is 2.85. The largest absolute Gasteiger partial charge is 0.477 e. The number of aromatic carboxylic acids is 1. The minimum absolute atomic E-state index is 0.0261. The first-order valence-electron chi connectivity index (χ1n) is 7.33. The van der Waals surface area contributed by atoms with E-state index in [4.69, 9.17) is 16.7 Å². The maximum absolute atomic E-state index is 11.2.